The van der Waals surface area contributed by atoms with Crippen LogP contribution in [0.25, 0.3) is 10.1 Å². The van der Waals surface area contributed by atoms with Crippen molar-refractivity contribution in [3.8, 4) is 11.5 Å². The summed E-state index contributed by atoms with van der Waals surface area (Å²) in [5.41, 5.74) is 2.44. The third-order valence-corrected chi connectivity index (χ3v) is 9.95. The van der Waals surface area contributed by atoms with E-state index in [0.717, 1.165) is 40.2 Å². The Morgan fingerprint density at radius 2 is 1.62 bits per heavy atom. The molecule has 1 aromatic heterocycles. The van der Waals surface area contributed by atoms with Gasteiger partial charge in [-0.1, -0.05) is 6.07 Å². The van der Waals surface area contributed by atoms with Crippen molar-refractivity contribution in [2.75, 3.05) is 56.7 Å². The first-order valence-electron chi connectivity index (χ1n) is 12.6. The van der Waals surface area contributed by atoms with Crippen LogP contribution in [0.5, 0.6) is 11.5 Å². The normalized spacial score (nSPS) is 13.9. The Labute approximate surface area is 233 Å². The van der Waals surface area contributed by atoms with Crippen LogP contribution in [0, 0.1) is 6.92 Å². The molecule has 0 spiro atoms. The molecule has 5 rings (SSSR count). The number of carbonyl (C=O) groups is 1. The smallest absolute Gasteiger partial charge is 0.267 e. The summed E-state index contributed by atoms with van der Waals surface area (Å²) in [6.45, 7) is 4.59. The Morgan fingerprint density at radius 1 is 0.897 bits per heavy atom. The van der Waals surface area contributed by atoms with Gasteiger partial charge in [-0.05, 0) is 78.5 Å². The van der Waals surface area contributed by atoms with E-state index in [2.05, 4.69) is 4.90 Å². The molecule has 1 amide bonds. The van der Waals surface area contributed by atoms with Crippen molar-refractivity contribution in [2.45, 2.75) is 11.8 Å². The minimum Gasteiger partial charge on any atom is -0.497 e. The number of anilines is 2. The van der Waals surface area contributed by atoms with Crippen molar-refractivity contribution >= 4 is 48.7 Å². The molecule has 1 aliphatic rings. The molecule has 4 aromatic rings. The topological polar surface area (TPSA) is 79.4 Å². The highest BCUT2D eigenvalue weighted by atomic mass is 32.2. The molecule has 0 atom stereocenters. The zero-order chi connectivity index (χ0) is 27.7. The van der Waals surface area contributed by atoms with Crippen LogP contribution in [0.15, 0.2) is 71.6 Å². The van der Waals surface area contributed by atoms with Crippen molar-refractivity contribution < 1.29 is 22.7 Å². The number of hydrogen-bond acceptors (Lipinski definition) is 7. The molecule has 1 saturated heterocycles. The zero-order valence-electron chi connectivity index (χ0n) is 22.4. The average molecular weight is 566 g/mol. The summed E-state index contributed by atoms with van der Waals surface area (Å²) < 4.78 is 39.7. The van der Waals surface area contributed by atoms with Gasteiger partial charge in [0.1, 0.15) is 16.4 Å². The fraction of sp³-hybridized carbons (Fsp3) is 0.276. The number of carbonyl (C=O) groups excluding carboxylic acids is 1. The van der Waals surface area contributed by atoms with Crippen molar-refractivity contribution in [2.24, 2.45) is 0 Å². The van der Waals surface area contributed by atoms with Gasteiger partial charge in [0, 0.05) is 43.6 Å². The maximum absolute atomic E-state index is 13.5. The van der Waals surface area contributed by atoms with Crippen molar-refractivity contribution in [1.29, 1.82) is 0 Å². The highest BCUT2D eigenvalue weighted by Crippen LogP contribution is 2.34. The minimum atomic E-state index is -3.86. The van der Waals surface area contributed by atoms with Crippen molar-refractivity contribution in [3.63, 3.8) is 0 Å². The first-order valence-corrected chi connectivity index (χ1v) is 14.8. The number of rotatable bonds is 7. The summed E-state index contributed by atoms with van der Waals surface area (Å²) in [7, 11) is 0.774. The van der Waals surface area contributed by atoms with E-state index < -0.39 is 10.0 Å². The summed E-state index contributed by atoms with van der Waals surface area (Å²) in [6.07, 6.45) is 0. The van der Waals surface area contributed by atoms with E-state index in [4.69, 9.17) is 9.47 Å². The summed E-state index contributed by atoms with van der Waals surface area (Å²) in [6, 6.07) is 20.3. The van der Waals surface area contributed by atoms with Gasteiger partial charge in [0.2, 0.25) is 0 Å². The third-order valence-electron chi connectivity index (χ3n) is 7.04. The Kier molecular flexibility index (Phi) is 7.42. The largest absolute Gasteiger partial charge is 0.497 e. The van der Waals surface area contributed by atoms with Crippen LogP contribution in [-0.2, 0) is 10.0 Å². The fourth-order valence-corrected chi connectivity index (χ4v) is 7.16. The number of amides is 1. The standard InChI is InChI=1S/C29H31N3O5S2/c1-20-5-11-25(37-4)28(17-20)39(34,35)30(2)23-8-12-26-21(18-23)19-27(38-26)29(33)32-15-13-31(14-16-32)22-6-9-24(36-3)10-7-22/h5-12,17-19H,13-16H2,1-4H3. The van der Waals surface area contributed by atoms with E-state index in [-0.39, 0.29) is 10.8 Å². The van der Waals surface area contributed by atoms with Crippen LogP contribution < -0.4 is 18.7 Å². The summed E-state index contributed by atoms with van der Waals surface area (Å²) in [5, 5.41) is 0.830. The van der Waals surface area contributed by atoms with Gasteiger partial charge in [0.05, 0.1) is 24.8 Å². The number of nitrogens with zero attached hydrogens (tertiary/aromatic N) is 3. The predicted octanol–water partition coefficient (Wildman–Crippen LogP) is 5.01. The number of aryl methyl sites for hydroxylation is 1. The van der Waals surface area contributed by atoms with Crippen LogP contribution in [0.1, 0.15) is 15.2 Å². The number of piperazine rings is 1. The lowest BCUT2D eigenvalue weighted by molar-refractivity contribution is 0.0751. The Balaban J connectivity index is 1.32. The molecular formula is C29H31N3O5S2. The molecule has 0 aliphatic carbocycles. The molecule has 10 heteroatoms. The molecule has 204 valence electrons. The van der Waals surface area contributed by atoms with Gasteiger partial charge in [-0.25, -0.2) is 8.42 Å². The first-order chi connectivity index (χ1) is 18.7. The zero-order valence-corrected chi connectivity index (χ0v) is 24.0. The number of hydrogen-bond donors (Lipinski definition) is 0. The second kappa shape index (κ2) is 10.8. The van der Waals surface area contributed by atoms with Crippen LogP contribution in [0.2, 0.25) is 0 Å². The second-order valence-corrected chi connectivity index (χ2v) is 12.5. The van der Waals surface area contributed by atoms with Gasteiger partial charge in [-0.3, -0.25) is 9.10 Å². The fourth-order valence-electron chi connectivity index (χ4n) is 4.72. The van der Waals surface area contributed by atoms with E-state index in [9.17, 15) is 13.2 Å². The van der Waals surface area contributed by atoms with Crippen LogP contribution in [0.3, 0.4) is 0 Å². The highest BCUT2D eigenvalue weighted by molar-refractivity contribution is 7.93. The molecule has 0 N–H and O–H groups in total. The van der Waals surface area contributed by atoms with Gasteiger partial charge in [-0.2, -0.15) is 0 Å². The maximum atomic E-state index is 13.5. The van der Waals surface area contributed by atoms with E-state index in [0.29, 0.717) is 29.4 Å². The SMILES string of the molecule is COc1ccc(N2CCN(C(=O)c3cc4cc(N(C)S(=O)(=O)c5cc(C)ccc5OC)ccc4s3)CC2)cc1. The molecule has 1 aliphatic heterocycles. The lowest BCUT2D eigenvalue weighted by Crippen LogP contribution is -2.48. The molecule has 8 nitrogen and oxygen atoms in total. The summed E-state index contributed by atoms with van der Waals surface area (Å²) >= 11 is 1.43. The number of benzene rings is 3. The maximum Gasteiger partial charge on any atom is 0.267 e. The van der Waals surface area contributed by atoms with E-state index >= 15 is 0 Å². The first kappa shape index (κ1) is 26.8. The molecule has 1 fully saturated rings. The number of sulfonamides is 1. The van der Waals surface area contributed by atoms with E-state index in [1.54, 1.807) is 25.3 Å². The second-order valence-electron chi connectivity index (χ2n) is 9.44. The van der Waals surface area contributed by atoms with Crippen molar-refractivity contribution in [3.05, 3.63) is 77.2 Å². The van der Waals surface area contributed by atoms with Crippen LogP contribution in [-0.4, -0.2) is 66.7 Å². The van der Waals surface area contributed by atoms with Gasteiger partial charge < -0.3 is 19.3 Å². The molecule has 0 unspecified atom stereocenters. The predicted molar refractivity (Wildman–Crippen MR) is 156 cm³/mol. The van der Waals surface area contributed by atoms with Gasteiger partial charge in [-0.15, -0.1) is 11.3 Å². The van der Waals surface area contributed by atoms with Gasteiger partial charge in [0.25, 0.3) is 15.9 Å². The van der Waals surface area contributed by atoms with Crippen molar-refractivity contribution in [1.82, 2.24) is 4.90 Å². The molecule has 39 heavy (non-hydrogen) atoms. The van der Waals surface area contributed by atoms with Crippen LogP contribution in [0.4, 0.5) is 11.4 Å². The van der Waals surface area contributed by atoms with E-state index in [1.807, 2.05) is 60.4 Å². The number of ether oxygens (including phenoxy) is 2. The molecule has 2 heterocycles. The molecular weight excluding hydrogens is 534 g/mol. The minimum absolute atomic E-state index is 0.00222. The Bertz CT molecular complexity index is 1610. The lowest BCUT2D eigenvalue weighted by atomic mass is 10.2. The third kappa shape index (κ3) is 5.26. The van der Waals surface area contributed by atoms with Gasteiger partial charge >= 0.3 is 0 Å². The number of methoxy groups -OCH3 is 2. The monoisotopic (exact) mass is 565 g/mol. The van der Waals surface area contributed by atoms with Crippen LogP contribution >= 0.6 is 11.3 Å². The van der Waals surface area contributed by atoms with E-state index in [1.165, 1.54) is 29.8 Å². The lowest BCUT2D eigenvalue weighted by Gasteiger charge is -2.36. The quantitative estimate of drug-likeness (QED) is 0.313. The summed E-state index contributed by atoms with van der Waals surface area (Å²) in [4.78, 5) is 18.2. The molecule has 3 aromatic carbocycles. The summed E-state index contributed by atoms with van der Waals surface area (Å²) in [5.74, 6) is 1.11. The highest BCUT2D eigenvalue weighted by Gasteiger charge is 2.27. The number of fused-ring (bicyclic) bond motifs is 1. The number of thiophene rings is 1. The Morgan fingerprint density at radius 3 is 2.28 bits per heavy atom. The molecule has 0 radical (unpaired) electrons. The molecule has 0 bridgehead atoms. The van der Waals surface area contributed by atoms with Gasteiger partial charge in [0.15, 0.2) is 0 Å². The molecule has 0 saturated carbocycles. The average Bonchev–Trinajstić information content (AvgIpc) is 3.40. The Hall–Kier alpha value is -3.76.